The second-order valence-electron chi connectivity index (χ2n) is 10.6. The van der Waals surface area contributed by atoms with E-state index in [0.29, 0.717) is 9.95 Å². The summed E-state index contributed by atoms with van der Waals surface area (Å²) < 4.78 is 83.8. The lowest BCUT2D eigenvalue weighted by atomic mass is 9.96. The summed E-state index contributed by atoms with van der Waals surface area (Å²) in [5.41, 5.74) is 2.10. The number of anilines is 1. The van der Waals surface area contributed by atoms with Crippen molar-refractivity contribution in [1.29, 1.82) is 0 Å². The van der Waals surface area contributed by atoms with Gasteiger partial charge in [-0.15, -0.1) is 0 Å². The molecule has 0 radical (unpaired) electrons. The number of nitrogen functional groups attached to an aromatic ring is 1. The zero-order chi connectivity index (χ0) is 32.7. The molecule has 0 amide bonds. The van der Waals surface area contributed by atoms with E-state index in [1.54, 1.807) is 50.2 Å². The van der Waals surface area contributed by atoms with Crippen molar-refractivity contribution in [2.75, 3.05) is 12.3 Å². The van der Waals surface area contributed by atoms with Crippen molar-refractivity contribution in [3.8, 4) is 5.75 Å². The molecule has 1 aliphatic heterocycles. The van der Waals surface area contributed by atoms with Crippen molar-refractivity contribution in [3.05, 3.63) is 55.1 Å². The minimum Gasteiger partial charge on any atom is -0.462 e. The molecular formula is C27H29F4N6O6PS. The van der Waals surface area contributed by atoms with Gasteiger partial charge in [0.2, 0.25) is 6.23 Å². The molecule has 0 bridgehead atoms. The van der Waals surface area contributed by atoms with Gasteiger partial charge in [-0.2, -0.15) is 8.78 Å². The molecule has 4 N–H and O–H groups in total. The van der Waals surface area contributed by atoms with Crippen LogP contribution in [0.1, 0.15) is 27.0 Å². The Morgan fingerprint density at radius 3 is 2.60 bits per heavy atom. The van der Waals surface area contributed by atoms with Crippen LogP contribution in [0.15, 0.2) is 55.1 Å². The van der Waals surface area contributed by atoms with Crippen molar-refractivity contribution in [1.82, 2.24) is 24.6 Å². The van der Waals surface area contributed by atoms with Crippen LogP contribution in [0.3, 0.4) is 0 Å². The summed E-state index contributed by atoms with van der Waals surface area (Å²) in [5, 5.41) is 14.7. The van der Waals surface area contributed by atoms with Crippen molar-refractivity contribution in [2.24, 2.45) is 0 Å². The Morgan fingerprint density at radius 1 is 1.18 bits per heavy atom. The monoisotopic (exact) mass is 672 g/mol. The molecule has 3 heterocycles. The quantitative estimate of drug-likeness (QED) is 0.118. The molecule has 1 aliphatic rings. The molecule has 0 saturated carbocycles. The molecule has 45 heavy (non-hydrogen) atoms. The zero-order valence-electron chi connectivity index (χ0n) is 24.0. The van der Waals surface area contributed by atoms with Crippen LogP contribution in [0.2, 0.25) is 0 Å². The van der Waals surface area contributed by atoms with Crippen molar-refractivity contribution >= 4 is 52.2 Å². The topological polar surface area (TPSA) is 156 Å². The fraction of sp³-hybridized carbons (Fsp3) is 0.407. The molecule has 242 valence electrons. The number of ether oxygens (including phenoxy) is 2. The fourth-order valence-electron chi connectivity index (χ4n) is 4.75. The number of rotatable bonds is 11. The largest absolute Gasteiger partial charge is 0.462 e. The Morgan fingerprint density at radius 2 is 1.89 bits per heavy atom. The smallest absolute Gasteiger partial charge is 0.323 e. The van der Waals surface area contributed by atoms with Crippen LogP contribution in [0.5, 0.6) is 5.75 Å². The Kier molecular flexibility index (Phi) is 9.05. The van der Waals surface area contributed by atoms with Gasteiger partial charge in [0.15, 0.2) is 23.2 Å². The number of carbonyl (C=O) groups is 1. The molecule has 2 aromatic carbocycles. The second kappa shape index (κ2) is 12.4. The molecule has 18 heteroatoms. The number of benzene rings is 2. The number of hydrogen-bond donors (Lipinski definition) is 3. The van der Waals surface area contributed by atoms with E-state index < -0.39 is 61.6 Å². The molecule has 5 atom stereocenters. The van der Waals surface area contributed by atoms with Crippen LogP contribution in [-0.4, -0.2) is 73.4 Å². The first-order chi connectivity index (χ1) is 21.2. The molecule has 0 aliphatic carbocycles. The van der Waals surface area contributed by atoms with E-state index in [0.717, 1.165) is 18.0 Å². The normalized spacial score (nSPS) is 23.4. The first-order valence-corrected chi connectivity index (χ1v) is 16.2. The van der Waals surface area contributed by atoms with E-state index in [-0.39, 0.29) is 22.7 Å². The number of halogens is 4. The summed E-state index contributed by atoms with van der Waals surface area (Å²) >= 11 is 5.64. The predicted octanol–water partition coefficient (Wildman–Crippen LogP) is 4.34. The van der Waals surface area contributed by atoms with Crippen LogP contribution in [0, 0.1) is 0 Å². The summed E-state index contributed by atoms with van der Waals surface area (Å²) in [6.07, 6.45) is -7.99. The number of alkyl halides is 4. The van der Waals surface area contributed by atoms with E-state index in [2.05, 4.69) is 20.0 Å². The van der Waals surface area contributed by atoms with Gasteiger partial charge in [0, 0.05) is 5.39 Å². The lowest BCUT2D eigenvalue weighted by Crippen LogP contribution is -2.54. The molecule has 1 unspecified atom stereocenters. The van der Waals surface area contributed by atoms with E-state index in [9.17, 15) is 18.7 Å². The SMILES string of the molecule is CC(C)OC(=O)[C@H](C)NP(=S)(OC[C@@]1(C(F)F)O[C@@H](n2cnc3c(N)ncnc32)C(F)(F)[C@@H]1O)Oc1cccc2ccccc12. The summed E-state index contributed by atoms with van der Waals surface area (Å²) in [6, 6.07) is 10.8. The summed E-state index contributed by atoms with van der Waals surface area (Å²) in [4.78, 5) is 24.1. The number of aromatic nitrogens is 4. The number of nitrogens with two attached hydrogens (primary N) is 1. The maximum Gasteiger partial charge on any atom is 0.323 e. The molecule has 2 aromatic heterocycles. The summed E-state index contributed by atoms with van der Waals surface area (Å²) in [6.45, 7) is -0.820. The summed E-state index contributed by atoms with van der Waals surface area (Å²) in [7, 11) is 0. The molecular weight excluding hydrogens is 643 g/mol. The number of hydrogen-bond acceptors (Lipinski definition) is 11. The van der Waals surface area contributed by atoms with Gasteiger partial charge in [-0.25, -0.2) is 28.8 Å². The highest BCUT2D eigenvalue weighted by molar-refractivity contribution is 8.09. The lowest BCUT2D eigenvalue weighted by Gasteiger charge is -2.34. The minimum absolute atomic E-state index is 0.0809. The second-order valence-corrected chi connectivity index (χ2v) is 13.7. The first-order valence-electron chi connectivity index (χ1n) is 13.5. The predicted molar refractivity (Wildman–Crippen MR) is 158 cm³/mol. The molecule has 0 spiro atoms. The van der Waals surface area contributed by atoms with Crippen molar-refractivity contribution < 1.29 is 46.0 Å². The van der Waals surface area contributed by atoms with Crippen molar-refractivity contribution in [2.45, 2.75) is 63.2 Å². The average molecular weight is 673 g/mol. The van der Waals surface area contributed by atoms with E-state index in [1.807, 2.05) is 0 Å². The first kappa shape index (κ1) is 32.9. The van der Waals surface area contributed by atoms with E-state index >= 15 is 8.78 Å². The Balaban J connectivity index is 1.50. The van der Waals surface area contributed by atoms with Gasteiger partial charge in [-0.3, -0.25) is 9.36 Å². The van der Waals surface area contributed by atoms with Gasteiger partial charge in [-0.1, -0.05) is 36.4 Å². The van der Waals surface area contributed by atoms with Gasteiger partial charge >= 0.3 is 18.5 Å². The highest BCUT2D eigenvalue weighted by Gasteiger charge is 2.71. The molecule has 12 nitrogen and oxygen atoms in total. The number of nitrogens with one attached hydrogen (secondary N) is 1. The molecule has 5 rings (SSSR count). The number of fused-ring (bicyclic) bond motifs is 2. The fourth-order valence-corrected chi connectivity index (χ4v) is 7.17. The van der Waals surface area contributed by atoms with Gasteiger partial charge < -0.3 is 29.4 Å². The van der Waals surface area contributed by atoms with Gasteiger partial charge in [0.1, 0.15) is 23.6 Å². The maximum absolute atomic E-state index is 15.6. The highest BCUT2D eigenvalue weighted by Crippen LogP contribution is 2.54. The minimum atomic E-state index is -4.31. The number of imidazole rings is 1. The number of aliphatic hydroxyl groups excluding tert-OH is 1. The third-order valence-electron chi connectivity index (χ3n) is 6.98. The van der Waals surface area contributed by atoms with Crippen molar-refractivity contribution in [3.63, 3.8) is 0 Å². The molecule has 4 aromatic rings. The van der Waals surface area contributed by atoms with Crippen LogP contribution >= 0.6 is 6.64 Å². The Hall–Kier alpha value is -3.47. The van der Waals surface area contributed by atoms with Gasteiger partial charge in [0.25, 0.3) is 6.43 Å². The zero-order valence-corrected chi connectivity index (χ0v) is 25.7. The van der Waals surface area contributed by atoms with Crippen LogP contribution < -0.4 is 15.3 Å². The number of esters is 1. The Labute approximate surface area is 259 Å². The van der Waals surface area contributed by atoms with Gasteiger partial charge in [-0.05, 0) is 44.0 Å². The van der Waals surface area contributed by atoms with Gasteiger partial charge in [0.05, 0.1) is 19.0 Å². The highest BCUT2D eigenvalue weighted by atomic mass is 32.5. The third-order valence-corrected chi connectivity index (χ3v) is 9.45. The van der Waals surface area contributed by atoms with E-state index in [4.69, 9.17) is 36.1 Å². The summed E-state index contributed by atoms with van der Waals surface area (Å²) in [5.74, 6) is -5.05. The number of aliphatic hydroxyl groups is 1. The molecule has 1 saturated heterocycles. The van der Waals surface area contributed by atoms with E-state index in [1.165, 1.54) is 13.0 Å². The van der Waals surface area contributed by atoms with Crippen LogP contribution in [0.25, 0.3) is 21.9 Å². The number of nitrogens with zero attached hydrogens (tertiary/aromatic N) is 4. The molecule has 1 fully saturated rings. The maximum atomic E-state index is 15.6. The lowest BCUT2D eigenvalue weighted by molar-refractivity contribution is -0.191. The number of carbonyl (C=O) groups excluding carboxylic acids is 1. The third kappa shape index (κ3) is 6.20. The Bertz CT molecular complexity index is 1760. The van der Waals surface area contributed by atoms with Crippen LogP contribution in [-0.2, 0) is 30.6 Å². The standard InChI is InChI=1S/C27H29F4N6O6PS/c1-14(2)41-22(38)15(3)36-44(45,43-18-10-6-8-16-7-4-5-9-17(16)18)40-11-26(24(28)29)23(39)27(30,31)25(42-26)37-13-35-19-20(32)33-12-34-21(19)37/h4-10,12-15,23-25,39H,11H2,1-3H3,(H,36,45)(H2,32,33,34)/t15-,23+,25+,26+,44?/m0/s1. The average Bonchev–Trinajstić information content (AvgIpc) is 3.49. The van der Waals surface area contributed by atoms with Crippen LogP contribution in [0.4, 0.5) is 23.4 Å².